The molecule has 0 N–H and O–H groups in total. The molecule has 1 spiro atoms. The molecule has 5 rings (SSSR count). The maximum Gasteiger partial charge on any atom is 0.340 e. The minimum atomic E-state index is -1.06. The van der Waals surface area contributed by atoms with Crippen LogP contribution in [0.15, 0.2) is 60.7 Å². The SMILES string of the molecule is CCN(CC)Cc1ccc2c(c1)Oc1ccc(Cl)cc1C21OC(=O)c2ccccc21. The molecule has 0 fully saturated rings. The van der Waals surface area contributed by atoms with E-state index in [1.165, 1.54) is 0 Å². The summed E-state index contributed by atoms with van der Waals surface area (Å²) in [6.45, 7) is 7.10. The van der Waals surface area contributed by atoms with E-state index in [-0.39, 0.29) is 5.97 Å². The van der Waals surface area contributed by atoms with E-state index in [1.807, 2.05) is 36.4 Å². The minimum absolute atomic E-state index is 0.336. The van der Waals surface area contributed by atoms with Crippen LogP contribution in [0.5, 0.6) is 11.5 Å². The summed E-state index contributed by atoms with van der Waals surface area (Å²) < 4.78 is 12.4. The van der Waals surface area contributed by atoms with Gasteiger partial charge in [0.05, 0.1) is 5.56 Å². The molecule has 5 heteroatoms. The first-order chi connectivity index (χ1) is 14.6. The highest BCUT2D eigenvalue weighted by Gasteiger charge is 2.53. The Morgan fingerprint density at radius 3 is 2.50 bits per heavy atom. The van der Waals surface area contributed by atoms with Crippen LogP contribution in [0.4, 0.5) is 0 Å². The number of esters is 1. The number of carbonyl (C=O) groups is 1. The molecule has 1 unspecified atom stereocenters. The highest BCUT2D eigenvalue weighted by molar-refractivity contribution is 6.30. The Balaban J connectivity index is 1.73. The van der Waals surface area contributed by atoms with E-state index in [4.69, 9.17) is 21.1 Å². The molecule has 4 nitrogen and oxygen atoms in total. The zero-order chi connectivity index (χ0) is 20.9. The first-order valence-electron chi connectivity index (χ1n) is 10.2. The first kappa shape index (κ1) is 19.2. The fourth-order valence-corrected chi connectivity index (χ4v) is 4.67. The average molecular weight is 420 g/mol. The lowest BCUT2D eigenvalue weighted by Crippen LogP contribution is -2.33. The summed E-state index contributed by atoms with van der Waals surface area (Å²) in [7, 11) is 0. The predicted molar refractivity (Wildman–Crippen MR) is 116 cm³/mol. The van der Waals surface area contributed by atoms with E-state index in [1.54, 1.807) is 12.1 Å². The summed E-state index contributed by atoms with van der Waals surface area (Å²) in [6.07, 6.45) is 0. The molecule has 0 radical (unpaired) electrons. The van der Waals surface area contributed by atoms with E-state index in [0.29, 0.717) is 22.1 Å². The van der Waals surface area contributed by atoms with Crippen LogP contribution in [0, 0.1) is 0 Å². The van der Waals surface area contributed by atoms with Gasteiger partial charge in [-0.15, -0.1) is 0 Å². The largest absolute Gasteiger partial charge is 0.456 e. The van der Waals surface area contributed by atoms with Crippen molar-refractivity contribution in [3.05, 3.63) is 93.5 Å². The maximum absolute atomic E-state index is 12.8. The molecule has 0 aliphatic carbocycles. The number of benzene rings is 3. The normalized spacial score (nSPS) is 18.6. The third-order valence-corrected chi connectivity index (χ3v) is 6.27. The van der Waals surface area contributed by atoms with Crippen LogP contribution in [0.25, 0.3) is 0 Å². The second-order valence-corrected chi connectivity index (χ2v) is 8.09. The topological polar surface area (TPSA) is 38.8 Å². The number of rotatable bonds is 4. The van der Waals surface area contributed by atoms with Gasteiger partial charge in [-0.2, -0.15) is 0 Å². The number of nitrogens with zero attached hydrogens (tertiary/aromatic N) is 1. The molecule has 2 heterocycles. The van der Waals surface area contributed by atoms with Gasteiger partial charge in [0.15, 0.2) is 5.60 Å². The molecular formula is C25H22ClNO3. The maximum atomic E-state index is 12.8. The number of carbonyl (C=O) groups excluding carboxylic acids is 1. The van der Waals surface area contributed by atoms with Gasteiger partial charge in [-0.3, -0.25) is 4.90 Å². The van der Waals surface area contributed by atoms with Crippen molar-refractivity contribution in [3.63, 3.8) is 0 Å². The molecule has 30 heavy (non-hydrogen) atoms. The van der Waals surface area contributed by atoms with Gasteiger partial charge in [-0.05, 0) is 49.0 Å². The molecule has 0 saturated heterocycles. The Kier molecular flexibility index (Phi) is 4.57. The third-order valence-electron chi connectivity index (χ3n) is 6.04. The minimum Gasteiger partial charge on any atom is -0.456 e. The lowest BCUT2D eigenvalue weighted by atomic mass is 9.77. The molecule has 2 aliphatic rings. The molecule has 3 aromatic rings. The van der Waals surface area contributed by atoms with Gasteiger partial charge in [0.25, 0.3) is 0 Å². The number of ether oxygens (including phenoxy) is 2. The van der Waals surface area contributed by atoms with Crippen molar-refractivity contribution in [3.8, 4) is 11.5 Å². The van der Waals surface area contributed by atoms with Gasteiger partial charge in [0.1, 0.15) is 11.5 Å². The summed E-state index contributed by atoms with van der Waals surface area (Å²) in [5.41, 5.74) is 3.05. The zero-order valence-corrected chi connectivity index (χ0v) is 17.7. The Bertz CT molecular complexity index is 1150. The Hall–Kier alpha value is -2.82. The quantitative estimate of drug-likeness (QED) is 0.505. The molecule has 3 aromatic carbocycles. The van der Waals surface area contributed by atoms with Crippen LogP contribution in [-0.4, -0.2) is 24.0 Å². The summed E-state index contributed by atoms with van der Waals surface area (Å²) >= 11 is 6.34. The monoisotopic (exact) mass is 419 g/mol. The van der Waals surface area contributed by atoms with Gasteiger partial charge in [-0.25, -0.2) is 4.79 Å². The molecule has 1 atom stereocenters. The van der Waals surface area contributed by atoms with Crippen LogP contribution in [-0.2, 0) is 16.9 Å². The standard InChI is InChI=1S/C25H22ClNO3/c1-3-27(4-2)15-16-9-11-20-23(13-16)29-22-12-10-17(26)14-21(22)25(20)19-8-6-5-7-18(19)24(28)30-25/h5-14H,3-4,15H2,1-2H3. The first-order valence-corrected chi connectivity index (χ1v) is 10.6. The summed E-state index contributed by atoms with van der Waals surface area (Å²) in [5, 5.41) is 0.568. The van der Waals surface area contributed by atoms with Crippen molar-refractivity contribution in [2.45, 2.75) is 26.0 Å². The molecule has 0 aromatic heterocycles. The van der Waals surface area contributed by atoms with Crippen molar-refractivity contribution in [1.82, 2.24) is 4.90 Å². The van der Waals surface area contributed by atoms with Crippen LogP contribution in [0.3, 0.4) is 0 Å². The fourth-order valence-electron chi connectivity index (χ4n) is 4.49. The van der Waals surface area contributed by atoms with E-state index in [9.17, 15) is 4.79 Å². The summed E-state index contributed by atoms with van der Waals surface area (Å²) in [5.74, 6) is 1.02. The third kappa shape index (κ3) is 2.75. The highest BCUT2D eigenvalue weighted by Crippen LogP contribution is 2.56. The number of fused-ring (bicyclic) bond motifs is 6. The predicted octanol–water partition coefficient (Wildman–Crippen LogP) is 5.75. The fraction of sp³-hybridized carbons (Fsp3) is 0.240. The molecule has 0 saturated carbocycles. The van der Waals surface area contributed by atoms with E-state index >= 15 is 0 Å². The van der Waals surface area contributed by atoms with E-state index in [0.717, 1.165) is 41.9 Å². The molecule has 152 valence electrons. The van der Waals surface area contributed by atoms with Gasteiger partial charge >= 0.3 is 5.97 Å². The lowest BCUT2D eigenvalue weighted by Gasteiger charge is -2.37. The number of hydrogen-bond acceptors (Lipinski definition) is 4. The van der Waals surface area contributed by atoms with E-state index < -0.39 is 5.60 Å². The average Bonchev–Trinajstić information content (AvgIpc) is 3.06. The van der Waals surface area contributed by atoms with Gasteiger partial charge in [-0.1, -0.05) is 55.8 Å². The van der Waals surface area contributed by atoms with Gasteiger partial charge in [0.2, 0.25) is 0 Å². The van der Waals surface area contributed by atoms with Crippen LogP contribution < -0.4 is 4.74 Å². The number of hydrogen-bond donors (Lipinski definition) is 0. The zero-order valence-electron chi connectivity index (χ0n) is 16.9. The van der Waals surface area contributed by atoms with Crippen molar-refractivity contribution in [2.75, 3.05) is 13.1 Å². The van der Waals surface area contributed by atoms with Crippen LogP contribution in [0.1, 0.15) is 46.5 Å². The van der Waals surface area contributed by atoms with Crippen molar-refractivity contribution >= 4 is 17.6 Å². The second-order valence-electron chi connectivity index (χ2n) is 7.65. The molecule has 0 amide bonds. The van der Waals surface area contributed by atoms with Gasteiger partial charge in [0, 0.05) is 28.3 Å². The molecule has 0 bridgehead atoms. The van der Waals surface area contributed by atoms with Crippen molar-refractivity contribution in [1.29, 1.82) is 0 Å². The lowest BCUT2D eigenvalue weighted by molar-refractivity contribution is 0.0224. The van der Waals surface area contributed by atoms with Crippen molar-refractivity contribution < 1.29 is 14.3 Å². The smallest absolute Gasteiger partial charge is 0.340 e. The Labute approximate surface area is 181 Å². The summed E-state index contributed by atoms with van der Waals surface area (Å²) in [4.78, 5) is 15.2. The number of halogens is 1. The second kappa shape index (κ2) is 7.15. The molecular weight excluding hydrogens is 398 g/mol. The highest BCUT2D eigenvalue weighted by atomic mass is 35.5. The Morgan fingerprint density at radius 2 is 1.70 bits per heavy atom. The van der Waals surface area contributed by atoms with Crippen molar-refractivity contribution in [2.24, 2.45) is 0 Å². The Morgan fingerprint density at radius 1 is 0.900 bits per heavy atom. The van der Waals surface area contributed by atoms with Crippen LogP contribution in [0.2, 0.25) is 5.02 Å². The molecule has 2 aliphatic heterocycles. The van der Waals surface area contributed by atoms with Crippen LogP contribution >= 0.6 is 11.6 Å². The van der Waals surface area contributed by atoms with Gasteiger partial charge < -0.3 is 9.47 Å². The van der Waals surface area contributed by atoms with E-state index in [2.05, 4.69) is 30.9 Å². The summed E-state index contributed by atoms with van der Waals surface area (Å²) in [6, 6.07) is 19.2.